The molecule has 1 saturated carbocycles. The van der Waals surface area contributed by atoms with Crippen molar-refractivity contribution >= 4 is 5.91 Å². The number of nitrogens with one attached hydrogen (secondary N) is 2. The Balaban J connectivity index is 1.88. The van der Waals surface area contributed by atoms with Crippen molar-refractivity contribution < 1.29 is 4.79 Å². The van der Waals surface area contributed by atoms with Crippen LogP contribution in [0.1, 0.15) is 65.1 Å². The molecule has 1 aromatic rings. The minimum atomic E-state index is -0.318. The van der Waals surface area contributed by atoms with E-state index in [1.807, 2.05) is 13.1 Å². The van der Waals surface area contributed by atoms with E-state index in [4.69, 9.17) is 0 Å². The lowest BCUT2D eigenvalue weighted by Gasteiger charge is -2.19. The van der Waals surface area contributed by atoms with Gasteiger partial charge in [0.05, 0.1) is 11.9 Å². The molecule has 1 fully saturated rings. The van der Waals surface area contributed by atoms with Gasteiger partial charge in [0.1, 0.15) is 6.04 Å². The lowest BCUT2D eigenvalue weighted by molar-refractivity contribution is -0.124. The van der Waals surface area contributed by atoms with E-state index in [-0.39, 0.29) is 17.5 Å². The first kappa shape index (κ1) is 15.9. The number of hydrogen-bond donors (Lipinski definition) is 2. The number of nitrogens with zero attached hydrogens (tertiary/aromatic N) is 3. The zero-order valence-electron chi connectivity index (χ0n) is 13.5. The predicted molar refractivity (Wildman–Crippen MR) is 81.7 cm³/mol. The second-order valence-electron chi connectivity index (χ2n) is 6.96. The van der Waals surface area contributed by atoms with Gasteiger partial charge >= 0.3 is 0 Å². The Morgan fingerprint density at radius 3 is 2.71 bits per heavy atom. The van der Waals surface area contributed by atoms with Crippen LogP contribution >= 0.6 is 0 Å². The summed E-state index contributed by atoms with van der Waals surface area (Å²) in [4.78, 5) is 12.2. The van der Waals surface area contributed by atoms with Gasteiger partial charge in [0.2, 0.25) is 5.91 Å². The third-order valence-corrected chi connectivity index (χ3v) is 3.84. The first-order valence-corrected chi connectivity index (χ1v) is 7.81. The zero-order valence-corrected chi connectivity index (χ0v) is 13.5. The van der Waals surface area contributed by atoms with Crippen LogP contribution in [-0.4, -0.2) is 32.5 Å². The fourth-order valence-corrected chi connectivity index (χ4v) is 2.45. The third kappa shape index (κ3) is 4.81. The van der Waals surface area contributed by atoms with Crippen LogP contribution in [0.15, 0.2) is 6.20 Å². The highest BCUT2D eigenvalue weighted by molar-refractivity contribution is 5.80. The van der Waals surface area contributed by atoms with Crippen LogP contribution in [0, 0.1) is 0 Å². The van der Waals surface area contributed by atoms with Gasteiger partial charge < -0.3 is 10.6 Å². The predicted octanol–water partition coefficient (Wildman–Crippen LogP) is 1.79. The van der Waals surface area contributed by atoms with Crippen LogP contribution in [0.25, 0.3) is 0 Å². The number of amides is 1. The van der Waals surface area contributed by atoms with Crippen LogP contribution < -0.4 is 10.6 Å². The summed E-state index contributed by atoms with van der Waals surface area (Å²) in [5.74, 6) is 0.0298. The molecule has 21 heavy (non-hydrogen) atoms. The molecule has 6 nitrogen and oxygen atoms in total. The molecule has 2 rings (SSSR count). The van der Waals surface area contributed by atoms with Crippen molar-refractivity contribution in [1.29, 1.82) is 0 Å². The average Bonchev–Trinajstić information content (AvgIpc) is 3.05. The van der Waals surface area contributed by atoms with Crippen LogP contribution in [0.2, 0.25) is 0 Å². The second kappa shape index (κ2) is 6.56. The van der Waals surface area contributed by atoms with Crippen molar-refractivity contribution in [3.8, 4) is 0 Å². The quantitative estimate of drug-likeness (QED) is 0.868. The average molecular weight is 293 g/mol. The molecule has 1 aliphatic rings. The van der Waals surface area contributed by atoms with E-state index in [1.54, 1.807) is 4.68 Å². The molecular formula is C15H27N5O. The van der Waals surface area contributed by atoms with E-state index in [1.165, 1.54) is 12.8 Å². The first-order valence-electron chi connectivity index (χ1n) is 7.81. The van der Waals surface area contributed by atoms with Crippen LogP contribution in [0.4, 0.5) is 0 Å². The normalized spacial score (nSPS) is 17.9. The SMILES string of the molecule is CC(C(=O)NC1CCCC1)n1cc(CNC(C)(C)C)nn1. The Morgan fingerprint density at radius 2 is 2.10 bits per heavy atom. The van der Waals surface area contributed by atoms with Crippen LogP contribution in [0.5, 0.6) is 0 Å². The molecule has 0 aliphatic heterocycles. The van der Waals surface area contributed by atoms with Crippen molar-refractivity contribution in [2.45, 2.75) is 77.5 Å². The maximum atomic E-state index is 12.2. The van der Waals surface area contributed by atoms with E-state index in [0.717, 1.165) is 18.5 Å². The van der Waals surface area contributed by atoms with Crippen LogP contribution in [0.3, 0.4) is 0 Å². The molecule has 0 saturated heterocycles. The van der Waals surface area contributed by atoms with Gasteiger partial charge in [0.15, 0.2) is 0 Å². The second-order valence-corrected chi connectivity index (χ2v) is 6.96. The monoisotopic (exact) mass is 293 g/mol. The number of hydrogen-bond acceptors (Lipinski definition) is 4. The number of carbonyl (C=O) groups is 1. The maximum Gasteiger partial charge on any atom is 0.244 e. The summed E-state index contributed by atoms with van der Waals surface area (Å²) >= 11 is 0. The third-order valence-electron chi connectivity index (χ3n) is 3.84. The summed E-state index contributed by atoms with van der Waals surface area (Å²) in [6.07, 6.45) is 6.46. The first-order chi connectivity index (χ1) is 9.85. The molecule has 1 aromatic heterocycles. The molecule has 1 atom stereocenters. The van der Waals surface area contributed by atoms with Gasteiger partial charge in [-0.15, -0.1) is 5.10 Å². The highest BCUT2D eigenvalue weighted by Gasteiger charge is 2.22. The summed E-state index contributed by atoms with van der Waals surface area (Å²) in [7, 11) is 0. The molecule has 0 aromatic carbocycles. The number of rotatable bonds is 5. The van der Waals surface area contributed by atoms with Crippen molar-refractivity contribution in [3.05, 3.63) is 11.9 Å². The van der Waals surface area contributed by atoms with Gasteiger partial charge in [-0.05, 0) is 40.5 Å². The highest BCUT2D eigenvalue weighted by atomic mass is 16.2. The van der Waals surface area contributed by atoms with Gasteiger partial charge in [0.25, 0.3) is 0 Å². The Hall–Kier alpha value is -1.43. The van der Waals surface area contributed by atoms with E-state index >= 15 is 0 Å². The smallest absolute Gasteiger partial charge is 0.244 e. The van der Waals surface area contributed by atoms with Crippen LogP contribution in [-0.2, 0) is 11.3 Å². The summed E-state index contributed by atoms with van der Waals surface area (Å²) in [6.45, 7) is 8.83. The molecule has 6 heteroatoms. The molecular weight excluding hydrogens is 266 g/mol. The summed E-state index contributed by atoms with van der Waals surface area (Å²) in [5, 5.41) is 14.7. The Bertz CT molecular complexity index is 471. The molecule has 0 spiro atoms. The van der Waals surface area contributed by atoms with E-state index < -0.39 is 0 Å². The highest BCUT2D eigenvalue weighted by Crippen LogP contribution is 2.18. The molecule has 1 heterocycles. The van der Waals surface area contributed by atoms with Gasteiger partial charge in [-0.1, -0.05) is 18.1 Å². The van der Waals surface area contributed by atoms with Crippen molar-refractivity contribution in [3.63, 3.8) is 0 Å². The Kier molecular flexibility index (Phi) is 4.98. The molecule has 0 radical (unpaired) electrons. The zero-order chi connectivity index (χ0) is 15.5. The maximum absolute atomic E-state index is 12.2. The summed E-state index contributed by atoms with van der Waals surface area (Å²) < 4.78 is 1.64. The van der Waals surface area contributed by atoms with Crippen molar-refractivity contribution in [2.24, 2.45) is 0 Å². The van der Waals surface area contributed by atoms with Crippen molar-refractivity contribution in [1.82, 2.24) is 25.6 Å². The van der Waals surface area contributed by atoms with Gasteiger partial charge in [0, 0.05) is 18.1 Å². The van der Waals surface area contributed by atoms with E-state index in [2.05, 4.69) is 41.7 Å². The van der Waals surface area contributed by atoms with E-state index in [9.17, 15) is 4.79 Å². The standard InChI is InChI=1S/C15H27N5O/c1-11(14(21)17-12-7-5-6-8-12)20-10-13(18-19-20)9-16-15(2,3)4/h10-12,16H,5-9H2,1-4H3,(H,17,21). The molecule has 1 unspecified atom stereocenters. The fourth-order valence-electron chi connectivity index (χ4n) is 2.45. The Labute approximate surface area is 126 Å². The fraction of sp³-hybridized carbons (Fsp3) is 0.800. The molecule has 118 valence electrons. The molecule has 1 aliphatic carbocycles. The minimum absolute atomic E-state index is 0.0298. The number of aromatic nitrogens is 3. The lowest BCUT2D eigenvalue weighted by atomic mass is 10.1. The molecule has 0 bridgehead atoms. The summed E-state index contributed by atoms with van der Waals surface area (Å²) in [6, 6.07) is 0.0204. The van der Waals surface area contributed by atoms with Gasteiger partial charge in [-0.3, -0.25) is 4.79 Å². The molecule has 1 amide bonds. The minimum Gasteiger partial charge on any atom is -0.352 e. The lowest BCUT2D eigenvalue weighted by Crippen LogP contribution is -2.37. The van der Waals surface area contributed by atoms with Crippen molar-refractivity contribution in [2.75, 3.05) is 0 Å². The largest absolute Gasteiger partial charge is 0.352 e. The van der Waals surface area contributed by atoms with E-state index in [0.29, 0.717) is 12.6 Å². The topological polar surface area (TPSA) is 71.8 Å². The number of carbonyl (C=O) groups excluding carboxylic acids is 1. The summed E-state index contributed by atoms with van der Waals surface area (Å²) in [5.41, 5.74) is 0.889. The van der Waals surface area contributed by atoms with Gasteiger partial charge in [-0.25, -0.2) is 4.68 Å². The molecule has 2 N–H and O–H groups in total. The van der Waals surface area contributed by atoms with Gasteiger partial charge in [-0.2, -0.15) is 0 Å². The Morgan fingerprint density at radius 1 is 1.43 bits per heavy atom.